The van der Waals surface area contributed by atoms with Crippen molar-refractivity contribution in [2.75, 3.05) is 5.32 Å². The van der Waals surface area contributed by atoms with E-state index in [2.05, 4.69) is 86.6 Å². The maximum Gasteiger partial charge on any atom is 0.0634 e. The van der Waals surface area contributed by atoms with E-state index in [0.29, 0.717) is 6.04 Å². The molecule has 3 rings (SSSR count). The van der Waals surface area contributed by atoms with E-state index in [1.54, 1.807) is 0 Å². The van der Waals surface area contributed by atoms with Crippen molar-refractivity contribution in [1.29, 1.82) is 0 Å². The average molecular weight is 395 g/mol. The summed E-state index contributed by atoms with van der Waals surface area (Å²) in [5.41, 5.74) is 3.77. The van der Waals surface area contributed by atoms with Crippen LogP contribution in [-0.4, -0.2) is 0 Å². The van der Waals surface area contributed by atoms with Crippen LogP contribution in [0.4, 0.5) is 5.69 Å². The van der Waals surface area contributed by atoms with Crippen LogP contribution in [0.5, 0.6) is 0 Å². The fourth-order valence-electron chi connectivity index (χ4n) is 2.56. The molecule has 1 nitrogen and oxygen atoms in total. The molecule has 0 aromatic heterocycles. The number of benzene rings is 2. The lowest BCUT2D eigenvalue weighted by atomic mass is 10.0. The van der Waals surface area contributed by atoms with Crippen LogP contribution in [0.3, 0.4) is 0 Å². The summed E-state index contributed by atoms with van der Waals surface area (Å²) in [6.45, 7) is 2.11. The molecule has 20 heavy (non-hydrogen) atoms. The molecule has 1 saturated carbocycles. The lowest BCUT2D eigenvalue weighted by Crippen LogP contribution is -2.13. The molecule has 2 aromatic rings. The first-order valence-electron chi connectivity index (χ1n) is 6.92. The molecule has 104 valence electrons. The molecule has 0 radical (unpaired) electrons. The Morgan fingerprint density at radius 1 is 1.05 bits per heavy atom. The Hall–Kier alpha value is -0.800. The summed E-state index contributed by atoms with van der Waals surface area (Å²) in [5, 5.41) is 3.73. The van der Waals surface area contributed by atoms with E-state index in [1.165, 1.54) is 24.0 Å². The van der Waals surface area contributed by atoms with Crippen LogP contribution in [0.2, 0.25) is 0 Å². The van der Waals surface area contributed by atoms with Crippen molar-refractivity contribution in [3.8, 4) is 0 Å². The fourth-order valence-corrected chi connectivity index (χ4v) is 4.20. The van der Waals surface area contributed by atoms with Crippen LogP contribution >= 0.6 is 31.9 Å². The van der Waals surface area contributed by atoms with Gasteiger partial charge in [-0.15, -0.1) is 0 Å². The predicted molar refractivity (Wildman–Crippen MR) is 92.1 cm³/mol. The van der Waals surface area contributed by atoms with E-state index in [-0.39, 0.29) is 0 Å². The summed E-state index contributed by atoms with van der Waals surface area (Å²) in [6, 6.07) is 15.4. The lowest BCUT2D eigenvalue weighted by molar-refractivity contribution is 0.678. The maximum atomic E-state index is 3.73. The van der Waals surface area contributed by atoms with Crippen LogP contribution in [0.15, 0.2) is 51.4 Å². The van der Waals surface area contributed by atoms with Gasteiger partial charge in [0.2, 0.25) is 0 Å². The largest absolute Gasteiger partial charge is 0.376 e. The standard InChI is InChI=1S/C17H17Br2N/c1-11-9-14(18)17(15(19)10-11)20-16(13-7-8-13)12-5-3-2-4-6-12/h2-6,9-10,13,16,20H,7-8H2,1H3. The third-order valence-corrected chi connectivity index (χ3v) is 4.99. The highest BCUT2D eigenvalue weighted by Gasteiger charge is 2.32. The predicted octanol–water partition coefficient (Wildman–Crippen LogP) is 6.08. The molecular formula is C17H17Br2N. The number of aryl methyl sites for hydroxylation is 1. The first-order valence-corrected chi connectivity index (χ1v) is 8.51. The van der Waals surface area contributed by atoms with Gasteiger partial charge in [0.1, 0.15) is 0 Å². The molecule has 0 aliphatic heterocycles. The zero-order valence-corrected chi connectivity index (χ0v) is 14.5. The first kappa shape index (κ1) is 14.2. The van der Waals surface area contributed by atoms with E-state index in [9.17, 15) is 0 Å². The molecule has 1 fully saturated rings. The molecule has 2 aromatic carbocycles. The minimum atomic E-state index is 0.395. The highest BCUT2D eigenvalue weighted by atomic mass is 79.9. The third kappa shape index (κ3) is 3.09. The molecule has 1 atom stereocenters. The van der Waals surface area contributed by atoms with Gasteiger partial charge in [-0.05, 0) is 80.8 Å². The van der Waals surface area contributed by atoms with Crippen molar-refractivity contribution in [2.24, 2.45) is 5.92 Å². The molecule has 0 bridgehead atoms. The van der Waals surface area contributed by atoms with Gasteiger partial charge in [0.25, 0.3) is 0 Å². The Morgan fingerprint density at radius 3 is 2.20 bits per heavy atom. The molecule has 1 aliphatic rings. The van der Waals surface area contributed by atoms with Crippen molar-refractivity contribution in [3.05, 3.63) is 62.5 Å². The Morgan fingerprint density at radius 2 is 1.65 bits per heavy atom. The maximum absolute atomic E-state index is 3.73. The van der Waals surface area contributed by atoms with Gasteiger partial charge in [-0.2, -0.15) is 0 Å². The van der Waals surface area contributed by atoms with Crippen molar-refractivity contribution in [2.45, 2.75) is 25.8 Å². The molecule has 3 heteroatoms. The fraction of sp³-hybridized carbons (Fsp3) is 0.294. The molecule has 0 heterocycles. The van der Waals surface area contributed by atoms with Gasteiger partial charge in [-0.25, -0.2) is 0 Å². The van der Waals surface area contributed by atoms with Gasteiger partial charge >= 0.3 is 0 Å². The van der Waals surface area contributed by atoms with Crippen molar-refractivity contribution in [1.82, 2.24) is 0 Å². The highest BCUT2D eigenvalue weighted by Crippen LogP contribution is 2.45. The van der Waals surface area contributed by atoms with Crippen LogP contribution in [-0.2, 0) is 0 Å². The van der Waals surface area contributed by atoms with E-state index in [4.69, 9.17) is 0 Å². The SMILES string of the molecule is Cc1cc(Br)c(NC(c2ccccc2)C2CC2)c(Br)c1. The quantitative estimate of drug-likeness (QED) is 0.662. The Kier molecular flexibility index (Phi) is 4.18. The molecule has 0 spiro atoms. The summed E-state index contributed by atoms with van der Waals surface area (Å²) in [4.78, 5) is 0. The van der Waals surface area contributed by atoms with Gasteiger partial charge < -0.3 is 5.32 Å². The van der Waals surface area contributed by atoms with Crippen LogP contribution in [0.1, 0.15) is 30.0 Å². The molecule has 1 N–H and O–H groups in total. The van der Waals surface area contributed by atoms with Crippen LogP contribution in [0, 0.1) is 12.8 Å². The van der Waals surface area contributed by atoms with E-state index in [0.717, 1.165) is 20.6 Å². The zero-order valence-electron chi connectivity index (χ0n) is 11.4. The molecule has 1 unspecified atom stereocenters. The molecular weight excluding hydrogens is 378 g/mol. The van der Waals surface area contributed by atoms with Gasteiger partial charge in [-0.1, -0.05) is 30.3 Å². The van der Waals surface area contributed by atoms with E-state index >= 15 is 0 Å². The van der Waals surface area contributed by atoms with Crippen LogP contribution < -0.4 is 5.32 Å². The summed E-state index contributed by atoms with van der Waals surface area (Å²) >= 11 is 7.35. The number of anilines is 1. The van der Waals surface area contributed by atoms with Crippen molar-refractivity contribution < 1.29 is 0 Å². The van der Waals surface area contributed by atoms with Gasteiger partial charge in [-0.3, -0.25) is 0 Å². The summed E-state index contributed by atoms with van der Waals surface area (Å²) in [5.74, 6) is 0.748. The number of hydrogen-bond acceptors (Lipinski definition) is 1. The summed E-state index contributed by atoms with van der Waals surface area (Å²) < 4.78 is 2.23. The Balaban J connectivity index is 1.92. The van der Waals surface area contributed by atoms with E-state index < -0.39 is 0 Å². The Bertz CT molecular complexity index is 583. The molecule has 0 amide bonds. The second-order valence-electron chi connectivity index (χ2n) is 5.47. The van der Waals surface area contributed by atoms with Gasteiger partial charge in [0, 0.05) is 8.95 Å². The van der Waals surface area contributed by atoms with Crippen molar-refractivity contribution in [3.63, 3.8) is 0 Å². The topological polar surface area (TPSA) is 12.0 Å². The molecule has 1 aliphatic carbocycles. The lowest BCUT2D eigenvalue weighted by Gasteiger charge is -2.22. The third-order valence-electron chi connectivity index (χ3n) is 3.74. The van der Waals surface area contributed by atoms with E-state index in [1.807, 2.05) is 0 Å². The average Bonchev–Trinajstić information content (AvgIpc) is 3.23. The summed E-state index contributed by atoms with van der Waals surface area (Å²) in [6.07, 6.45) is 2.63. The Labute approximate surface area is 137 Å². The summed E-state index contributed by atoms with van der Waals surface area (Å²) in [7, 11) is 0. The monoisotopic (exact) mass is 393 g/mol. The highest BCUT2D eigenvalue weighted by molar-refractivity contribution is 9.11. The normalized spacial score (nSPS) is 15.9. The minimum absolute atomic E-state index is 0.395. The second-order valence-corrected chi connectivity index (χ2v) is 7.18. The number of rotatable bonds is 4. The van der Waals surface area contributed by atoms with Gasteiger partial charge in [0.15, 0.2) is 0 Å². The zero-order chi connectivity index (χ0) is 14.1. The number of halogens is 2. The van der Waals surface area contributed by atoms with Crippen LogP contribution in [0.25, 0.3) is 0 Å². The number of nitrogens with one attached hydrogen (secondary N) is 1. The second kappa shape index (κ2) is 5.90. The van der Waals surface area contributed by atoms with Crippen molar-refractivity contribution >= 4 is 37.5 Å². The van der Waals surface area contributed by atoms with Gasteiger partial charge in [0.05, 0.1) is 11.7 Å². The first-order chi connectivity index (χ1) is 9.65. The molecule has 0 saturated heterocycles. The smallest absolute Gasteiger partial charge is 0.0634 e. The number of hydrogen-bond donors (Lipinski definition) is 1. The minimum Gasteiger partial charge on any atom is -0.376 e.